The summed E-state index contributed by atoms with van der Waals surface area (Å²) in [7, 11) is 1.91. The minimum atomic E-state index is -0.913. The van der Waals surface area contributed by atoms with Crippen molar-refractivity contribution in [2.75, 3.05) is 26.8 Å². The van der Waals surface area contributed by atoms with Crippen LogP contribution in [0.1, 0.15) is 18.4 Å². The Hall–Kier alpha value is -1.20. The molecule has 1 fully saturated rings. The molecule has 2 rings (SSSR count). The molecule has 1 heterocycles. The lowest BCUT2D eigenvalue weighted by Gasteiger charge is -2.27. The third-order valence-corrected chi connectivity index (χ3v) is 3.35. The molecule has 0 spiro atoms. The molecule has 0 aliphatic carbocycles. The van der Waals surface area contributed by atoms with Gasteiger partial charge in [-0.25, -0.2) is 8.78 Å². The summed E-state index contributed by atoms with van der Waals surface area (Å²) in [6.07, 6.45) is 2.20. The second-order valence-electron chi connectivity index (χ2n) is 5.19. The molecule has 1 saturated heterocycles. The molecule has 19 heavy (non-hydrogen) atoms. The predicted molar refractivity (Wildman–Crippen MR) is 67.9 cm³/mol. The second-order valence-corrected chi connectivity index (χ2v) is 5.19. The molecule has 5 heteroatoms. The quantitative estimate of drug-likeness (QED) is 0.913. The fourth-order valence-electron chi connectivity index (χ4n) is 2.48. The lowest BCUT2D eigenvalue weighted by molar-refractivity contribution is 0.0411. The van der Waals surface area contributed by atoms with Gasteiger partial charge in [0.25, 0.3) is 0 Å². The maximum atomic E-state index is 13.2. The first-order valence-corrected chi connectivity index (χ1v) is 6.49. The molecule has 3 nitrogen and oxygen atoms in total. The molecule has 0 bridgehead atoms. The van der Waals surface area contributed by atoms with Crippen LogP contribution in [0, 0.1) is 17.6 Å². The number of nitrogens with zero attached hydrogens (tertiary/aromatic N) is 1. The van der Waals surface area contributed by atoms with Crippen LogP contribution in [0.2, 0.25) is 0 Å². The molecule has 1 aliphatic rings. The number of rotatable bonds is 4. The van der Waals surface area contributed by atoms with Crippen molar-refractivity contribution in [3.05, 3.63) is 29.3 Å². The monoisotopic (exact) mass is 271 g/mol. The number of halogens is 2. The van der Waals surface area contributed by atoms with Crippen LogP contribution >= 0.6 is 0 Å². The summed E-state index contributed by atoms with van der Waals surface area (Å²) in [6, 6.07) is 2.35. The van der Waals surface area contributed by atoms with E-state index < -0.39 is 17.4 Å². The van der Waals surface area contributed by atoms with Crippen molar-refractivity contribution in [3.8, 4) is 5.75 Å². The molecule has 1 N–H and O–H groups in total. The van der Waals surface area contributed by atoms with Crippen molar-refractivity contribution in [1.82, 2.24) is 4.90 Å². The number of ether oxygens (including phenoxy) is 1. The van der Waals surface area contributed by atoms with Gasteiger partial charge < -0.3 is 14.7 Å². The van der Waals surface area contributed by atoms with Crippen LogP contribution in [0.3, 0.4) is 0 Å². The van der Waals surface area contributed by atoms with Crippen LogP contribution in [-0.2, 0) is 11.3 Å². The lowest BCUT2D eigenvalue weighted by atomic mass is 10.0. The van der Waals surface area contributed by atoms with Crippen molar-refractivity contribution in [2.45, 2.75) is 19.4 Å². The molecule has 1 aliphatic heterocycles. The zero-order chi connectivity index (χ0) is 13.8. The van der Waals surface area contributed by atoms with E-state index in [-0.39, 0.29) is 0 Å². The minimum Gasteiger partial charge on any atom is -0.503 e. The van der Waals surface area contributed by atoms with Crippen LogP contribution in [0.25, 0.3) is 0 Å². The fourth-order valence-corrected chi connectivity index (χ4v) is 2.48. The highest BCUT2D eigenvalue weighted by atomic mass is 19.1. The topological polar surface area (TPSA) is 32.7 Å². The average Bonchev–Trinajstić information content (AvgIpc) is 2.37. The Morgan fingerprint density at radius 2 is 2.05 bits per heavy atom. The van der Waals surface area contributed by atoms with Gasteiger partial charge in [-0.1, -0.05) is 0 Å². The number of phenolic OH excluding ortho intramolecular Hbond substituents is 1. The number of benzene rings is 1. The molecule has 1 aromatic carbocycles. The van der Waals surface area contributed by atoms with Gasteiger partial charge in [0.2, 0.25) is 0 Å². The Morgan fingerprint density at radius 1 is 1.37 bits per heavy atom. The van der Waals surface area contributed by atoms with Gasteiger partial charge >= 0.3 is 0 Å². The Labute approximate surface area is 111 Å². The van der Waals surface area contributed by atoms with Gasteiger partial charge in [-0.2, -0.15) is 0 Å². The van der Waals surface area contributed by atoms with E-state index in [1.165, 1.54) is 12.1 Å². The highest BCUT2D eigenvalue weighted by Crippen LogP contribution is 2.22. The first-order chi connectivity index (χ1) is 9.06. The normalized spacial score (nSPS) is 19.9. The highest BCUT2D eigenvalue weighted by Gasteiger charge is 2.17. The predicted octanol–water partition coefficient (Wildman–Crippen LogP) is 2.53. The summed E-state index contributed by atoms with van der Waals surface area (Å²) in [6.45, 7) is 2.87. The summed E-state index contributed by atoms with van der Waals surface area (Å²) >= 11 is 0. The van der Waals surface area contributed by atoms with E-state index in [0.29, 0.717) is 18.0 Å². The Kier molecular flexibility index (Phi) is 4.71. The van der Waals surface area contributed by atoms with E-state index in [4.69, 9.17) is 9.84 Å². The van der Waals surface area contributed by atoms with E-state index in [9.17, 15) is 8.78 Å². The largest absolute Gasteiger partial charge is 0.503 e. The minimum absolute atomic E-state index is 0.449. The van der Waals surface area contributed by atoms with Crippen LogP contribution in [0.15, 0.2) is 12.1 Å². The Morgan fingerprint density at radius 3 is 2.63 bits per heavy atom. The van der Waals surface area contributed by atoms with Gasteiger partial charge in [0, 0.05) is 19.7 Å². The summed E-state index contributed by atoms with van der Waals surface area (Å²) in [5.41, 5.74) is 0.520. The number of phenols is 1. The summed E-state index contributed by atoms with van der Waals surface area (Å²) in [4.78, 5) is 2.02. The van der Waals surface area contributed by atoms with Crippen LogP contribution in [0.5, 0.6) is 5.75 Å². The molecule has 0 radical (unpaired) electrons. The second kappa shape index (κ2) is 6.30. The van der Waals surface area contributed by atoms with E-state index in [0.717, 1.165) is 32.6 Å². The molecule has 1 aromatic rings. The number of aromatic hydroxyl groups is 1. The SMILES string of the molecule is CN(Cc1cc(F)c(O)c(F)c1)CC1CCCOC1. The van der Waals surface area contributed by atoms with Crippen LogP contribution in [0.4, 0.5) is 8.78 Å². The summed E-state index contributed by atoms with van der Waals surface area (Å²) in [5.74, 6) is -2.26. The summed E-state index contributed by atoms with van der Waals surface area (Å²) in [5, 5.41) is 9.05. The number of hydrogen-bond acceptors (Lipinski definition) is 3. The average molecular weight is 271 g/mol. The van der Waals surface area contributed by atoms with E-state index in [2.05, 4.69) is 0 Å². The van der Waals surface area contributed by atoms with Crippen molar-refractivity contribution < 1.29 is 18.6 Å². The smallest absolute Gasteiger partial charge is 0.187 e. The molecule has 0 aromatic heterocycles. The summed E-state index contributed by atoms with van der Waals surface area (Å²) < 4.78 is 31.8. The molecule has 0 amide bonds. The third-order valence-electron chi connectivity index (χ3n) is 3.35. The van der Waals surface area contributed by atoms with Gasteiger partial charge in [0.1, 0.15) is 0 Å². The standard InChI is InChI=1S/C14H19F2NO2/c1-17(7-10-3-2-4-19-9-10)8-11-5-12(15)14(18)13(16)6-11/h5-6,10,18H,2-4,7-9H2,1H3. The van der Waals surface area contributed by atoms with Gasteiger partial charge in [-0.3, -0.25) is 0 Å². The van der Waals surface area contributed by atoms with E-state index in [1.807, 2.05) is 11.9 Å². The Bertz CT molecular complexity index is 410. The Balaban J connectivity index is 1.92. The number of hydrogen-bond donors (Lipinski definition) is 1. The van der Waals surface area contributed by atoms with E-state index in [1.54, 1.807) is 0 Å². The van der Waals surface area contributed by atoms with Crippen molar-refractivity contribution in [1.29, 1.82) is 0 Å². The van der Waals surface area contributed by atoms with Crippen molar-refractivity contribution in [3.63, 3.8) is 0 Å². The lowest BCUT2D eigenvalue weighted by Crippen LogP contribution is -2.30. The van der Waals surface area contributed by atoms with Crippen molar-refractivity contribution in [2.24, 2.45) is 5.92 Å². The molecule has 106 valence electrons. The van der Waals surface area contributed by atoms with Gasteiger partial charge in [0.05, 0.1) is 6.61 Å². The van der Waals surface area contributed by atoms with Gasteiger partial charge in [-0.15, -0.1) is 0 Å². The highest BCUT2D eigenvalue weighted by molar-refractivity contribution is 5.29. The first-order valence-electron chi connectivity index (χ1n) is 6.49. The molecular weight excluding hydrogens is 252 g/mol. The molecule has 0 saturated carbocycles. The maximum Gasteiger partial charge on any atom is 0.187 e. The van der Waals surface area contributed by atoms with Crippen LogP contribution in [-0.4, -0.2) is 36.8 Å². The molecule has 1 unspecified atom stereocenters. The van der Waals surface area contributed by atoms with Gasteiger partial charge in [0.15, 0.2) is 17.4 Å². The molecular formula is C14H19F2NO2. The van der Waals surface area contributed by atoms with Crippen LogP contribution < -0.4 is 0 Å². The van der Waals surface area contributed by atoms with E-state index >= 15 is 0 Å². The van der Waals surface area contributed by atoms with Gasteiger partial charge in [-0.05, 0) is 43.5 Å². The fraction of sp³-hybridized carbons (Fsp3) is 0.571. The molecule has 1 atom stereocenters. The maximum absolute atomic E-state index is 13.2. The third kappa shape index (κ3) is 3.88. The first kappa shape index (κ1) is 14.2. The van der Waals surface area contributed by atoms with Crippen molar-refractivity contribution >= 4 is 0 Å². The zero-order valence-electron chi connectivity index (χ0n) is 11.0. The zero-order valence-corrected chi connectivity index (χ0v) is 11.0.